The molecule has 0 aromatic carbocycles. The summed E-state index contributed by atoms with van der Waals surface area (Å²) in [5.74, 6) is 0.216. The van der Waals surface area contributed by atoms with Gasteiger partial charge in [-0.1, -0.05) is 0 Å². The first kappa shape index (κ1) is 26.2. The van der Waals surface area contributed by atoms with Crippen molar-refractivity contribution in [2.75, 3.05) is 46.0 Å². The number of carbonyl (C=O) groups excluding carboxylic acids is 2. The largest absolute Gasteiger partial charge is 0.483 e. The summed E-state index contributed by atoms with van der Waals surface area (Å²) in [4.78, 5) is 39.2. The molecule has 3 fully saturated rings. The van der Waals surface area contributed by atoms with Gasteiger partial charge in [-0.3, -0.25) is 24.4 Å². The molecule has 2 aliphatic heterocycles. The average Bonchev–Trinajstić information content (AvgIpc) is 3.16. The zero-order chi connectivity index (χ0) is 24.7. The third kappa shape index (κ3) is 5.60. The van der Waals surface area contributed by atoms with Gasteiger partial charge in [0, 0.05) is 43.5 Å². The van der Waals surface area contributed by atoms with Gasteiger partial charge in [-0.05, 0) is 52.4 Å². The van der Waals surface area contributed by atoms with Crippen LogP contribution in [0.25, 0.3) is 0 Å². The highest BCUT2D eigenvalue weighted by molar-refractivity contribution is 5.82. The Hall–Kier alpha value is -2.46. The van der Waals surface area contributed by atoms with E-state index >= 15 is 0 Å². The Balaban J connectivity index is 0.00000103. The highest BCUT2D eigenvalue weighted by Gasteiger charge is 2.54. The van der Waals surface area contributed by atoms with Crippen molar-refractivity contribution in [3.63, 3.8) is 0 Å². The summed E-state index contributed by atoms with van der Waals surface area (Å²) in [6.07, 6.45) is 3.94. The van der Waals surface area contributed by atoms with E-state index < -0.39 is 5.41 Å². The normalized spacial score (nSPS) is 27.2. The zero-order valence-corrected chi connectivity index (χ0v) is 20.5. The van der Waals surface area contributed by atoms with Crippen LogP contribution in [0.2, 0.25) is 0 Å². The molecule has 1 saturated carbocycles. The minimum Gasteiger partial charge on any atom is -0.483 e. The minimum absolute atomic E-state index is 0.0741. The number of carboxylic acid groups (broad SMARTS) is 1. The van der Waals surface area contributed by atoms with Gasteiger partial charge in [0.25, 0.3) is 6.47 Å². The van der Waals surface area contributed by atoms with Crippen molar-refractivity contribution in [1.29, 1.82) is 0 Å². The highest BCUT2D eigenvalue weighted by atomic mass is 16.5. The first-order valence-electron chi connectivity index (χ1n) is 12.2. The maximum absolute atomic E-state index is 13.2. The Morgan fingerprint density at radius 3 is 2.59 bits per heavy atom. The van der Waals surface area contributed by atoms with Crippen LogP contribution < -0.4 is 0 Å². The summed E-state index contributed by atoms with van der Waals surface area (Å²) in [7, 11) is 0. The number of ether oxygens (including phenoxy) is 2. The fraction of sp³-hybridized carbons (Fsp3) is 0.750. The summed E-state index contributed by atoms with van der Waals surface area (Å²) in [6, 6.07) is 0.495. The molecule has 3 atom stereocenters. The standard InChI is InChI=1S/C23H36N4O4.CH2O2/c1-4-31-22(29)23-7-5-19(26-9-11-30-12-10-26)13-18(23)6-8-27(15-23)21(28)14-20-16(2)24-25-17(20)3;2-1-3/h18-19H,4-15H2,1-3H3,(H,24,25);1H,(H,2,3)/t18-,19+,23-;/m1./s1. The molecule has 190 valence electrons. The topological polar surface area (TPSA) is 125 Å². The summed E-state index contributed by atoms with van der Waals surface area (Å²) >= 11 is 0. The maximum atomic E-state index is 13.2. The first-order valence-corrected chi connectivity index (χ1v) is 12.2. The number of aromatic nitrogens is 2. The second-order valence-corrected chi connectivity index (χ2v) is 9.45. The fourth-order valence-electron chi connectivity index (χ4n) is 5.83. The number of morpholine rings is 1. The Kier molecular flexibility index (Phi) is 9.07. The molecular weight excluding hydrogens is 440 g/mol. The van der Waals surface area contributed by atoms with E-state index in [0.717, 1.165) is 68.9 Å². The number of fused-ring (bicyclic) bond motifs is 1. The van der Waals surface area contributed by atoms with Crippen molar-refractivity contribution in [2.45, 2.75) is 58.9 Å². The molecule has 1 aromatic heterocycles. The second-order valence-electron chi connectivity index (χ2n) is 9.45. The number of esters is 1. The van der Waals surface area contributed by atoms with Crippen molar-refractivity contribution >= 4 is 18.3 Å². The number of nitrogens with zero attached hydrogens (tertiary/aromatic N) is 3. The third-order valence-electron chi connectivity index (χ3n) is 7.69. The van der Waals surface area contributed by atoms with Gasteiger partial charge in [-0.25, -0.2) is 0 Å². The van der Waals surface area contributed by atoms with E-state index in [9.17, 15) is 9.59 Å². The molecule has 0 bridgehead atoms. The third-order valence-corrected chi connectivity index (χ3v) is 7.69. The summed E-state index contributed by atoms with van der Waals surface area (Å²) in [5, 5.41) is 14.1. The molecule has 0 spiro atoms. The maximum Gasteiger partial charge on any atom is 0.314 e. The van der Waals surface area contributed by atoms with Crippen molar-refractivity contribution in [2.24, 2.45) is 11.3 Å². The number of nitrogens with one attached hydrogen (secondary N) is 1. The Bertz CT molecular complexity index is 833. The van der Waals surface area contributed by atoms with Crippen LogP contribution in [0.1, 0.15) is 49.6 Å². The molecular formula is C24H38N4O6. The predicted octanol–water partition coefficient (Wildman–Crippen LogP) is 1.55. The number of hydrogen-bond donors (Lipinski definition) is 2. The lowest BCUT2D eigenvalue weighted by atomic mass is 9.61. The summed E-state index contributed by atoms with van der Waals surface area (Å²) in [6.45, 7) is 10.6. The SMILES string of the molecule is CCOC(=O)[C@@]12CC[C@H](N3CCOCC3)C[C@H]1CCN(C(=O)Cc1c(C)n[nH]c1C)C2.O=CO. The molecule has 34 heavy (non-hydrogen) atoms. The van der Waals surface area contributed by atoms with Gasteiger partial charge in [0.15, 0.2) is 0 Å². The van der Waals surface area contributed by atoms with Gasteiger partial charge in [0.2, 0.25) is 5.91 Å². The van der Waals surface area contributed by atoms with Crippen LogP contribution in [0, 0.1) is 25.2 Å². The van der Waals surface area contributed by atoms with Crippen molar-refractivity contribution in [3.8, 4) is 0 Å². The molecule has 1 aromatic rings. The monoisotopic (exact) mass is 478 g/mol. The number of amides is 1. The summed E-state index contributed by atoms with van der Waals surface area (Å²) < 4.78 is 11.1. The smallest absolute Gasteiger partial charge is 0.314 e. The van der Waals surface area contributed by atoms with Gasteiger partial charge in [0.1, 0.15) is 0 Å². The number of carbonyl (C=O) groups is 3. The molecule has 2 saturated heterocycles. The van der Waals surface area contributed by atoms with Gasteiger partial charge in [-0.2, -0.15) is 5.10 Å². The Morgan fingerprint density at radius 1 is 1.26 bits per heavy atom. The van der Waals surface area contributed by atoms with Crippen LogP contribution in [0.3, 0.4) is 0 Å². The van der Waals surface area contributed by atoms with Crippen LogP contribution >= 0.6 is 0 Å². The van der Waals surface area contributed by atoms with Crippen LogP contribution in [0.5, 0.6) is 0 Å². The lowest BCUT2D eigenvalue weighted by molar-refractivity contribution is -0.171. The van der Waals surface area contributed by atoms with E-state index in [1.54, 1.807) is 0 Å². The van der Waals surface area contributed by atoms with Gasteiger partial charge >= 0.3 is 5.97 Å². The first-order chi connectivity index (χ1) is 16.4. The number of H-pyrrole nitrogens is 1. The van der Waals surface area contributed by atoms with Crippen LogP contribution in [0.4, 0.5) is 0 Å². The molecule has 10 nitrogen and oxygen atoms in total. The molecule has 0 unspecified atom stereocenters. The number of rotatable bonds is 5. The quantitative estimate of drug-likeness (QED) is 0.482. The average molecular weight is 479 g/mol. The molecule has 1 aliphatic carbocycles. The number of hydrogen-bond acceptors (Lipinski definition) is 7. The van der Waals surface area contributed by atoms with Crippen LogP contribution in [-0.4, -0.2) is 95.5 Å². The van der Waals surface area contributed by atoms with Crippen molar-refractivity contribution in [1.82, 2.24) is 20.0 Å². The zero-order valence-electron chi connectivity index (χ0n) is 20.5. The van der Waals surface area contributed by atoms with E-state index in [-0.39, 0.29) is 24.3 Å². The molecule has 0 radical (unpaired) electrons. The molecule has 4 rings (SSSR count). The lowest BCUT2D eigenvalue weighted by Crippen LogP contribution is -2.59. The van der Waals surface area contributed by atoms with Gasteiger partial charge in [0.05, 0.1) is 37.4 Å². The fourth-order valence-corrected chi connectivity index (χ4v) is 5.83. The highest BCUT2D eigenvalue weighted by Crippen LogP contribution is 2.48. The molecule has 2 N–H and O–H groups in total. The van der Waals surface area contributed by atoms with Crippen molar-refractivity contribution in [3.05, 3.63) is 17.0 Å². The molecule has 3 aliphatic rings. The number of likely N-dealkylation sites (tertiary alicyclic amines) is 1. The number of piperidine rings is 1. The lowest BCUT2D eigenvalue weighted by Gasteiger charge is -2.52. The second kappa shape index (κ2) is 11.8. The van der Waals surface area contributed by atoms with E-state index in [1.165, 1.54) is 0 Å². The molecule has 10 heteroatoms. The van der Waals surface area contributed by atoms with Crippen LogP contribution in [-0.2, 0) is 30.3 Å². The van der Waals surface area contributed by atoms with Gasteiger partial charge in [-0.15, -0.1) is 0 Å². The molecule has 3 heterocycles. The number of aromatic amines is 1. The van der Waals surface area contributed by atoms with E-state index in [0.29, 0.717) is 32.2 Å². The summed E-state index contributed by atoms with van der Waals surface area (Å²) in [5.41, 5.74) is 2.19. The van der Waals surface area contributed by atoms with E-state index in [4.69, 9.17) is 19.4 Å². The molecule has 1 amide bonds. The predicted molar refractivity (Wildman–Crippen MR) is 124 cm³/mol. The minimum atomic E-state index is -0.576. The van der Waals surface area contributed by atoms with E-state index in [1.807, 2.05) is 25.7 Å². The van der Waals surface area contributed by atoms with E-state index in [2.05, 4.69) is 15.1 Å². The number of aryl methyl sites for hydroxylation is 2. The van der Waals surface area contributed by atoms with Crippen LogP contribution in [0.15, 0.2) is 0 Å². The Labute approximate surface area is 201 Å². The Morgan fingerprint density at radius 2 is 1.97 bits per heavy atom. The van der Waals surface area contributed by atoms with Gasteiger partial charge < -0.3 is 19.5 Å². The van der Waals surface area contributed by atoms with Crippen molar-refractivity contribution < 1.29 is 29.0 Å².